The minimum absolute atomic E-state index is 0.0330. The molecular formula is C20H23N5O. The van der Waals surface area contributed by atoms with E-state index < -0.39 is 0 Å². The maximum Gasteiger partial charge on any atom is 0.239 e. The molecule has 6 heteroatoms. The van der Waals surface area contributed by atoms with E-state index in [0.29, 0.717) is 13.1 Å². The molecular weight excluding hydrogens is 326 g/mol. The van der Waals surface area contributed by atoms with E-state index in [0.717, 1.165) is 27.9 Å². The van der Waals surface area contributed by atoms with Crippen LogP contribution in [0.3, 0.4) is 0 Å². The van der Waals surface area contributed by atoms with Crippen molar-refractivity contribution in [3.8, 4) is 0 Å². The van der Waals surface area contributed by atoms with Crippen LogP contribution in [0.1, 0.15) is 22.3 Å². The Morgan fingerprint density at radius 3 is 2.54 bits per heavy atom. The second-order valence-corrected chi connectivity index (χ2v) is 6.31. The summed E-state index contributed by atoms with van der Waals surface area (Å²) in [6.07, 6.45) is 3.21. The van der Waals surface area contributed by atoms with Crippen molar-refractivity contribution in [3.63, 3.8) is 0 Å². The van der Waals surface area contributed by atoms with Gasteiger partial charge in [0.25, 0.3) is 0 Å². The summed E-state index contributed by atoms with van der Waals surface area (Å²) in [5.74, 6) is -0.0330. The third-order valence-corrected chi connectivity index (χ3v) is 4.20. The quantitative estimate of drug-likeness (QED) is 0.688. The molecule has 0 saturated carbocycles. The zero-order valence-corrected chi connectivity index (χ0v) is 15.1. The summed E-state index contributed by atoms with van der Waals surface area (Å²) in [5, 5.41) is 10.3. The predicted octanol–water partition coefficient (Wildman–Crippen LogP) is 2.67. The molecule has 2 aromatic carbocycles. The fourth-order valence-corrected chi connectivity index (χ4v) is 2.86. The number of carbonyl (C=O) groups is 1. The van der Waals surface area contributed by atoms with Gasteiger partial charge in [-0.1, -0.05) is 42.5 Å². The van der Waals surface area contributed by atoms with Crippen molar-refractivity contribution in [3.05, 3.63) is 77.4 Å². The number of benzene rings is 2. The number of anilines is 1. The van der Waals surface area contributed by atoms with Crippen LogP contribution in [0.15, 0.2) is 55.1 Å². The molecule has 134 valence electrons. The lowest BCUT2D eigenvalue weighted by molar-refractivity contribution is -0.119. The molecule has 0 bridgehead atoms. The average Bonchev–Trinajstić information content (AvgIpc) is 3.13. The van der Waals surface area contributed by atoms with Gasteiger partial charge in [-0.3, -0.25) is 4.79 Å². The topological polar surface area (TPSA) is 71.8 Å². The molecule has 0 spiro atoms. The zero-order valence-electron chi connectivity index (χ0n) is 15.1. The maximum atomic E-state index is 12.2. The van der Waals surface area contributed by atoms with E-state index in [1.807, 2.05) is 50.2 Å². The van der Waals surface area contributed by atoms with E-state index in [1.54, 1.807) is 11.0 Å². The summed E-state index contributed by atoms with van der Waals surface area (Å²) >= 11 is 0. The lowest BCUT2D eigenvalue weighted by Crippen LogP contribution is -2.29. The Bertz CT molecular complexity index is 853. The Morgan fingerprint density at radius 1 is 1.08 bits per heavy atom. The fraction of sp³-hybridized carbons (Fsp3) is 0.250. The average molecular weight is 349 g/mol. The van der Waals surface area contributed by atoms with Crippen molar-refractivity contribution in [1.29, 1.82) is 0 Å². The minimum Gasteiger partial charge on any atom is -0.376 e. The molecule has 0 fully saturated rings. The molecule has 0 aliphatic rings. The molecule has 6 nitrogen and oxygen atoms in total. The lowest BCUT2D eigenvalue weighted by Gasteiger charge is -2.13. The van der Waals surface area contributed by atoms with Crippen molar-refractivity contribution in [1.82, 2.24) is 20.1 Å². The number of hydrogen-bond acceptors (Lipinski definition) is 4. The van der Waals surface area contributed by atoms with Gasteiger partial charge in [0, 0.05) is 12.2 Å². The molecule has 26 heavy (non-hydrogen) atoms. The van der Waals surface area contributed by atoms with Crippen LogP contribution < -0.4 is 10.6 Å². The van der Waals surface area contributed by atoms with Gasteiger partial charge >= 0.3 is 0 Å². The molecule has 2 N–H and O–H groups in total. The minimum atomic E-state index is -0.0330. The largest absolute Gasteiger partial charge is 0.376 e. The van der Waals surface area contributed by atoms with Crippen molar-refractivity contribution < 1.29 is 4.79 Å². The number of aryl methyl sites for hydroxylation is 2. The van der Waals surface area contributed by atoms with Crippen LogP contribution >= 0.6 is 0 Å². The van der Waals surface area contributed by atoms with Crippen molar-refractivity contribution >= 4 is 11.6 Å². The Kier molecular flexibility index (Phi) is 5.63. The van der Waals surface area contributed by atoms with Crippen molar-refractivity contribution in [2.45, 2.75) is 26.9 Å². The number of rotatable bonds is 7. The second-order valence-electron chi connectivity index (χ2n) is 6.31. The Hall–Kier alpha value is -3.15. The van der Waals surface area contributed by atoms with Gasteiger partial charge in [-0.15, -0.1) is 0 Å². The van der Waals surface area contributed by atoms with Crippen molar-refractivity contribution in [2.75, 3.05) is 11.9 Å². The summed E-state index contributed by atoms with van der Waals surface area (Å²) in [7, 11) is 0. The smallest absolute Gasteiger partial charge is 0.239 e. The number of amides is 1. The normalized spacial score (nSPS) is 10.5. The van der Waals surface area contributed by atoms with Crippen LogP contribution in [0.2, 0.25) is 0 Å². The van der Waals surface area contributed by atoms with E-state index >= 15 is 0 Å². The first-order valence-electron chi connectivity index (χ1n) is 8.59. The van der Waals surface area contributed by atoms with Gasteiger partial charge in [-0.05, 0) is 36.1 Å². The molecule has 3 rings (SSSR count). The highest BCUT2D eigenvalue weighted by Gasteiger charge is 2.06. The highest BCUT2D eigenvalue weighted by molar-refractivity contribution is 5.81. The number of aromatic nitrogens is 3. The molecule has 0 saturated heterocycles. The zero-order chi connectivity index (χ0) is 18.4. The first-order valence-corrected chi connectivity index (χ1v) is 8.59. The summed E-state index contributed by atoms with van der Waals surface area (Å²) in [5.41, 5.74) is 5.48. The van der Waals surface area contributed by atoms with Gasteiger partial charge in [0.15, 0.2) is 0 Å². The molecule has 1 heterocycles. The number of hydrogen-bond donors (Lipinski definition) is 2. The number of para-hydroxylation sites is 1. The molecule has 3 aromatic rings. The molecule has 0 aliphatic heterocycles. The van der Waals surface area contributed by atoms with Crippen molar-refractivity contribution in [2.24, 2.45) is 0 Å². The molecule has 0 atom stereocenters. The molecule has 0 unspecified atom stereocenters. The van der Waals surface area contributed by atoms with E-state index in [-0.39, 0.29) is 12.5 Å². The molecule has 0 radical (unpaired) electrons. The van der Waals surface area contributed by atoms with Gasteiger partial charge < -0.3 is 10.6 Å². The predicted molar refractivity (Wildman–Crippen MR) is 102 cm³/mol. The number of nitrogens with one attached hydrogen (secondary N) is 2. The monoisotopic (exact) mass is 349 g/mol. The third kappa shape index (κ3) is 4.69. The van der Waals surface area contributed by atoms with Gasteiger partial charge in [0.1, 0.15) is 12.7 Å². The van der Waals surface area contributed by atoms with Crippen LogP contribution in [0, 0.1) is 13.8 Å². The first-order chi connectivity index (χ1) is 12.6. The van der Waals surface area contributed by atoms with Crippen LogP contribution in [-0.2, 0) is 17.9 Å². The standard InChI is InChI=1S/C20H23N5O/c1-15-5-3-6-16(2)20(15)23-11-19(26)22-10-17-7-4-8-18(9-17)12-25-14-21-13-24-25/h3-9,13-14,23H,10-12H2,1-2H3,(H,22,26). The highest BCUT2D eigenvalue weighted by Crippen LogP contribution is 2.18. The van der Waals surface area contributed by atoms with Crippen LogP contribution in [0.4, 0.5) is 5.69 Å². The van der Waals surface area contributed by atoms with E-state index in [2.05, 4.69) is 26.8 Å². The van der Waals surface area contributed by atoms with Gasteiger partial charge in [0.2, 0.25) is 5.91 Å². The summed E-state index contributed by atoms with van der Waals surface area (Å²) in [6.45, 7) is 5.49. The van der Waals surface area contributed by atoms with Crippen LogP contribution in [-0.4, -0.2) is 27.2 Å². The Morgan fingerprint density at radius 2 is 1.81 bits per heavy atom. The lowest BCUT2D eigenvalue weighted by atomic mass is 10.1. The molecule has 0 aliphatic carbocycles. The Labute approximate surface area is 153 Å². The first kappa shape index (κ1) is 17.7. The Balaban J connectivity index is 1.51. The van der Waals surface area contributed by atoms with Gasteiger partial charge in [-0.25, -0.2) is 9.67 Å². The van der Waals surface area contributed by atoms with Gasteiger partial charge in [-0.2, -0.15) is 5.10 Å². The highest BCUT2D eigenvalue weighted by atomic mass is 16.1. The maximum absolute atomic E-state index is 12.2. The second kappa shape index (κ2) is 8.29. The van der Waals surface area contributed by atoms with Crippen LogP contribution in [0.25, 0.3) is 0 Å². The number of nitrogens with zero attached hydrogens (tertiary/aromatic N) is 3. The van der Waals surface area contributed by atoms with Gasteiger partial charge in [0.05, 0.1) is 13.1 Å². The summed E-state index contributed by atoms with van der Waals surface area (Å²) in [4.78, 5) is 16.1. The van der Waals surface area contributed by atoms with Crippen LogP contribution in [0.5, 0.6) is 0 Å². The van der Waals surface area contributed by atoms with E-state index in [9.17, 15) is 4.79 Å². The van der Waals surface area contributed by atoms with E-state index in [4.69, 9.17) is 0 Å². The molecule has 1 aromatic heterocycles. The van der Waals surface area contributed by atoms with E-state index in [1.165, 1.54) is 6.33 Å². The SMILES string of the molecule is Cc1cccc(C)c1NCC(=O)NCc1cccc(Cn2cncn2)c1. The summed E-state index contributed by atoms with van der Waals surface area (Å²) in [6, 6.07) is 14.2. The fourth-order valence-electron chi connectivity index (χ4n) is 2.86. The number of carbonyl (C=O) groups excluding carboxylic acids is 1. The third-order valence-electron chi connectivity index (χ3n) is 4.20. The molecule has 1 amide bonds. The summed E-state index contributed by atoms with van der Waals surface area (Å²) < 4.78 is 1.77.